The summed E-state index contributed by atoms with van der Waals surface area (Å²) < 4.78 is 12.4. The van der Waals surface area contributed by atoms with E-state index in [1.165, 1.54) is 0 Å². The van der Waals surface area contributed by atoms with Crippen molar-refractivity contribution in [2.75, 3.05) is 19.7 Å². The summed E-state index contributed by atoms with van der Waals surface area (Å²) in [6, 6.07) is 5.57. The molecule has 0 saturated carbocycles. The van der Waals surface area contributed by atoms with Gasteiger partial charge in [-0.25, -0.2) is 0 Å². The molecule has 0 aliphatic rings. The lowest BCUT2D eigenvalue weighted by molar-refractivity contribution is 0.0227. The second kappa shape index (κ2) is 8.52. The molecule has 2 heterocycles. The SMILES string of the molecule is OC(CNCCCn1cccn1)COCc1ccco1. The van der Waals surface area contributed by atoms with Gasteiger partial charge >= 0.3 is 0 Å². The lowest BCUT2D eigenvalue weighted by Gasteiger charge is -2.11. The van der Waals surface area contributed by atoms with Gasteiger partial charge in [-0.15, -0.1) is 0 Å². The Balaban J connectivity index is 1.44. The van der Waals surface area contributed by atoms with Crippen LogP contribution < -0.4 is 5.32 Å². The van der Waals surface area contributed by atoms with Gasteiger partial charge in [0.15, 0.2) is 0 Å². The van der Waals surface area contributed by atoms with Gasteiger partial charge in [-0.1, -0.05) is 0 Å². The normalized spacial score (nSPS) is 12.7. The van der Waals surface area contributed by atoms with E-state index in [9.17, 15) is 5.11 Å². The van der Waals surface area contributed by atoms with Crippen molar-refractivity contribution in [1.82, 2.24) is 15.1 Å². The fourth-order valence-corrected chi connectivity index (χ4v) is 1.82. The summed E-state index contributed by atoms with van der Waals surface area (Å²) in [5.41, 5.74) is 0. The Hall–Kier alpha value is -1.63. The molecule has 1 atom stereocenters. The van der Waals surface area contributed by atoms with E-state index in [0.717, 1.165) is 25.3 Å². The van der Waals surface area contributed by atoms with Crippen molar-refractivity contribution in [3.8, 4) is 0 Å². The van der Waals surface area contributed by atoms with E-state index < -0.39 is 6.10 Å². The highest BCUT2D eigenvalue weighted by Gasteiger charge is 2.04. The molecule has 0 aliphatic carbocycles. The minimum atomic E-state index is -0.505. The summed E-state index contributed by atoms with van der Waals surface area (Å²) >= 11 is 0. The first-order valence-electron chi connectivity index (χ1n) is 6.81. The summed E-state index contributed by atoms with van der Waals surface area (Å²) in [5.74, 6) is 0.768. The van der Waals surface area contributed by atoms with Crippen LogP contribution in [0.2, 0.25) is 0 Å². The van der Waals surface area contributed by atoms with E-state index >= 15 is 0 Å². The van der Waals surface area contributed by atoms with Crippen LogP contribution in [0.3, 0.4) is 0 Å². The summed E-state index contributed by atoms with van der Waals surface area (Å²) in [6.07, 6.45) is 5.79. The summed E-state index contributed by atoms with van der Waals surface area (Å²) in [4.78, 5) is 0. The largest absolute Gasteiger partial charge is 0.467 e. The molecule has 20 heavy (non-hydrogen) atoms. The van der Waals surface area contributed by atoms with Crippen LogP contribution in [0.5, 0.6) is 0 Å². The van der Waals surface area contributed by atoms with Crippen LogP contribution in [-0.4, -0.2) is 40.7 Å². The highest BCUT2D eigenvalue weighted by molar-refractivity contribution is 4.96. The number of furan rings is 1. The van der Waals surface area contributed by atoms with E-state index in [0.29, 0.717) is 19.8 Å². The van der Waals surface area contributed by atoms with Crippen molar-refractivity contribution in [3.63, 3.8) is 0 Å². The smallest absolute Gasteiger partial charge is 0.129 e. The average Bonchev–Trinajstić information content (AvgIpc) is 3.11. The standard InChI is InChI=1S/C14H21N3O3/c18-13(11-19-12-14-4-1-9-20-14)10-15-5-2-7-17-8-3-6-16-17/h1,3-4,6,8-9,13,15,18H,2,5,7,10-12H2. The van der Waals surface area contributed by atoms with Crippen LogP contribution >= 0.6 is 0 Å². The van der Waals surface area contributed by atoms with Crippen LogP contribution in [0.1, 0.15) is 12.2 Å². The molecular formula is C14H21N3O3. The predicted molar refractivity (Wildman–Crippen MR) is 74.1 cm³/mol. The molecule has 110 valence electrons. The number of ether oxygens (including phenoxy) is 1. The zero-order valence-electron chi connectivity index (χ0n) is 11.4. The second-order valence-corrected chi connectivity index (χ2v) is 4.58. The van der Waals surface area contributed by atoms with Crippen molar-refractivity contribution in [2.24, 2.45) is 0 Å². The topological polar surface area (TPSA) is 72.5 Å². The quantitative estimate of drug-likeness (QED) is 0.636. The molecule has 0 radical (unpaired) electrons. The number of aliphatic hydroxyl groups is 1. The number of nitrogens with zero attached hydrogens (tertiary/aromatic N) is 2. The van der Waals surface area contributed by atoms with Gasteiger partial charge in [-0.2, -0.15) is 5.10 Å². The van der Waals surface area contributed by atoms with Crippen LogP contribution in [0.25, 0.3) is 0 Å². The number of aryl methyl sites for hydroxylation is 1. The molecule has 0 amide bonds. The Morgan fingerprint density at radius 1 is 1.45 bits per heavy atom. The van der Waals surface area contributed by atoms with Crippen molar-refractivity contribution in [3.05, 3.63) is 42.6 Å². The zero-order valence-corrected chi connectivity index (χ0v) is 11.4. The van der Waals surface area contributed by atoms with Gasteiger partial charge in [0.05, 0.1) is 19.0 Å². The fraction of sp³-hybridized carbons (Fsp3) is 0.500. The Kier molecular flexibility index (Phi) is 6.30. The van der Waals surface area contributed by atoms with Crippen molar-refractivity contribution in [1.29, 1.82) is 0 Å². The number of aliphatic hydroxyl groups excluding tert-OH is 1. The van der Waals surface area contributed by atoms with E-state index in [-0.39, 0.29) is 0 Å². The van der Waals surface area contributed by atoms with Crippen LogP contribution in [0.4, 0.5) is 0 Å². The number of hydrogen-bond donors (Lipinski definition) is 2. The van der Waals surface area contributed by atoms with Gasteiger partial charge in [-0.3, -0.25) is 4.68 Å². The molecule has 6 heteroatoms. The average molecular weight is 279 g/mol. The van der Waals surface area contributed by atoms with Crippen LogP contribution in [0, 0.1) is 0 Å². The Morgan fingerprint density at radius 2 is 2.40 bits per heavy atom. The Labute approximate surface area is 118 Å². The van der Waals surface area contributed by atoms with Gasteiger partial charge in [-0.05, 0) is 31.2 Å². The van der Waals surface area contributed by atoms with Gasteiger partial charge < -0.3 is 19.6 Å². The van der Waals surface area contributed by atoms with Crippen LogP contribution in [0.15, 0.2) is 41.3 Å². The highest BCUT2D eigenvalue weighted by atomic mass is 16.5. The van der Waals surface area contributed by atoms with Crippen molar-refractivity contribution >= 4 is 0 Å². The molecule has 0 saturated heterocycles. The zero-order chi connectivity index (χ0) is 14.0. The molecular weight excluding hydrogens is 258 g/mol. The number of rotatable bonds is 10. The minimum Gasteiger partial charge on any atom is -0.467 e. The lowest BCUT2D eigenvalue weighted by atomic mass is 10.3. The number of aromatic nitrogens is 2. The van der Waals surface area contributed by atoms with Gasteiger partial charge in [0.1, 0.15) is 12.4 Å². The first-order valence-corrected chi connectivity index (χ1v) is 6.81. The molecule has 0 aliphatic heterocycles. The van der Waals surface area contributed by atoms with Gasteiger partial charge in [0, 0.05) is 25.5 Å². The monoisotopic (exact) mass is 279 g/mol. The molecule has 0 aromatic carbocycles. The maximum atomic E-state index is 9.73. The number of nitrogens with one attached hydrogen (secondary N) is 1. The first-order chi connectivity index (χ1) is 9.84. The third-order valence-electron chi connectivity index (χ3n) is 2.81. The van der Waals surface area contributed by atoms with Gasteiger partial charge in [0.2, 0.25) is 0 Å². The van der Waals surface area contributed by atoms with E-state index in [4.69, 9.17) is 9.15 Å². The van der Waals surface area contributed by atoms with E-state index in [1.54, 1.807) is 12.5 Å². The Morgan fingerprint density at radius 3 is 3.15 bits per heavy atom. The molecule has 2 N–H and O–H groups in total. The maximum Gasteiger partial charge on any atom is 0.129 e. The lowest BCUT2D eigenvalue weighted by Crippen LogP contribution is -2.31. The van der Waals surface area contributed by atoms with E-state index in [1.807, 2.05) is 29.1 Å². The fourth-order valence-electron chi connectivity index (χ4n) is 1.82. The highest BCUT2D eigenvalue weighted by Crippen LogP contribution is 2.01. The molecule has 2 aromatic heterocycles. The summed E-state index contributed by atoms with van der Waals surface area (Å²) in [7, 11) is 0. The Bertz CT molecular complexity index is 442. The molecule has 2 aromatic rings. The third-order valence-corrected chi connectivity index (χ3v) is 2.81. The maximum absolute atomic E-state index is 9.73. The first kappa shape index (κ1) is 14.8. The minimum absolute atomic E-state index is 0.298. The summed E-state index contributed by atoms with van der Waals surface area (Å²) in [5, 5.41) is 17.0. The van der Waals surface area contributed by atoms with Crippen LogP contribution in [-0.2, 0) is 17.9 Å². The second-order valence-electron chi connectivity index (χ2n) is 4.58. The number of hydrogen-bond acceptors (Lipinski definition) is 5. The third kappa shape index (κ3) is 5.56. The molecule has 2 rings (SSSR count). The van der Waals surface area contributed by atoms with Crippen molar-refractivity contribution < 1.29 is 14.3 Å². The van der Waals surface area contributed by atoms with E-state index in [2.05, 4.69) is 10.4 Å². The van der Waals surface area contributed by atoms with Crippen molar-refractivity contribution in [2.45, 2.75) is 25.7 Å². The molecule has 0 bridgehead atoms. The molecule has 0 spiro atoms. The molecule has 6 nitrogen and oxygen atoms in total. The molecule has 1 unspecified atom stereocenters. The van der Waals surface area contributed by atoms with Gasteiger partial charge in [0.25, 0.3) is 0 Å². The predicted octanol–water partition coefficient (Wildman–Crippen LogP) is 1.03. The summed E-state index contributed by atoms with van der Waals surface area (Å²) in [6.45, 7) is 2.94. The molecule has 0 fully saturated rings.